The summed E-state index contributed by atoms with van der Waals surface area (Å²) in [5.41, 5.74) is 5.13. The minimum absolute atomic E-state index is 0.443. The molecule has 1 aromatic heterocycles. The molecule has 4 rings (SSSR count). The lowest BCUT2D eigenvalue weighted by atomic mass is 9.87. The smallest absolute Gasteiger partial charge is 0.130 e. The highest BCUT2D eigenvalue weighted by Gasteiger charge is 2.18. The molecule has 0 bridgehead atoms. The van der Waals surface area contributed by atoms with E-state index in [1.54, 1.807) is 6.20 Å². The molecule has 0 aliphatic heterocycles. The van der Waals surface area contributed by atoms with Gasteiger partial charge in [-0.15, -0.1) is 0 Å². The van der Waals surface area contributed by atoms with E-state index in [0.717, 1.165) is 18.0 Å². The Morgan fingerprint density at radius 3 is 2.85 bits per heavy atom. The molecule has 0 spiro atoms. The van der Waals surface area contributed by atoms with Crippen molar-refractivity contribution >= 4 is 0 Å². The van der Waals surface area contributed by atoms with Crippen LogP contribution in [0.1, 0.15) is 41.3 Å². The van der Waals surface area contributed by atoms with Crippen LogP contribution in [0.5, 0.6) is 5.75 Å². The third-order valence-corrected chi connectivity index (χ3v) is 4.93. The molecular weight excluding hydrogens is 320 g/mol. The van der Waals surface area contributed by atoms with Crippen LogP contribution in [0.2, 0.25) is 0 Å². The van der Waals surface area contributed by atoms with E-state index in [1.807, 2.05) is 24.3 Å². The molecule has 0 saturated heterocycles. The number of rotatable bonds is 6. The Morgan fingerprint density at radius 1 is 1.00 bits per heavy atom. The molecule has 132 valence electrons. The van der Waals surface area contributed by atoms with Gasteiger partial charge in [0.05, 0.1) is 5.69 Å². The van der Waals surface area contributed by atoms with Gasteiger partial charge in [0, 0.05) is 18.8 Å². The number of ether oxygens (including phenoxy) is 1. The Hall–Kier alpha value is -2.65. The number of hydrogen-bond donors (Lipinski definition) is 1. The SMILES string of the molecule is c1ccc(COc2cccc(CNC3CCCc4ccccc43)c2)nc1. The van der Waals surface area contributed by atoms with Gasteiger partial charge in [-0.1, -0.05) is 42.5 Å². The van der Waals surface area contributed by atoms with Crippen LogP contribution in [0.15, 0.2) is 72.9 Å². The van der Waals surface area contributed by atoms with Gasteiger partial charge in [-0.2, -0.15) is 0 Å². The van der Waals surface area contributed by atoms with Crippen LogP contribution in [-0.4, -0.2) is 4.98 Å². The number of aryl methyl sites for hydroxylation is 1. The van der Waals surface area contributed by atoms with Crippen LogP contribution in [0, 0.1) is 0 Å². The number of pyridine rings is 1. The summed E-state index contributed by atoms with van der Waals surface area (Å²) < 4.78 is 5.89. The molecule has 0 fully saturated rings. The van der Waals surface area contributed by atoms with Crippen molar-refractivity contribution in [3.63, 3.8) is 0 Å². The van der Waals surface area contributed by atoms with Gasteiger partial charge in [0.2, 0.25) is 0 Å². The van der Waals surface area contributed by atoms with Crippen molar-refractivity contribution in [3.8, 4) is 5.75 Å². The largest absolute Gasteiger partial charge is 0.487 e. The zero-order valence-corrected chi connectivity index (χ0v) is 14.9. The van der Waals surface area contributed by atoms with E-state index >= 15 is 0 Å². The fraction of sp³-hybridized carbons (Fsp3) is 0.261. The van der Waals surface area contributed by atoms with E-state index in [1.165, 1.54) is 36.0 Å². The van der Waals surface area contributed by atoms with Crippen LogP contribution in [-0.2, 0) is 19.6 Å². The predicted octanol–water partition coefficient (Wildman–Crippen LogP) is 4.83. The maximum absolute atomic E-state index is 5.89. The van der Waals surface area contributed by atoms with E-state index in [4.69, 9.17) is 4.74 Å². The molecule has 1 atom stereocenters. The van der Waals surface area contributed by atoms with Gasteiger partial charge >= 0.3 is 0 Å². The molecule has 0 radical (unpaired) electrons. The Balaban J connectivity index is 1.37. The topological polar surface area (TPSA) is 34.1 Å². The Morgan fingerprint density at radius 2 is 1.92 bits per heavy atom. The zero-order chi connectivity index (χ0) is 17.6. The quantitative estimate of drug-likeness (QED) is 0.695. The van der Waals surface area contributed by atoms with Crippen molar-refractivity contribution in [2.75, 3.05) is 0 Å². The van der Waals surface area contributed by atoms with E-state index < -0.39 is 0 Å². The molecule has 2 aromatic carbocycles. The summed E-state index contributed by atoms with van der Waals surface area (Å²) in [5, 5.41) is 3.73. The van der Waals surface area contributed by atoms with Gasteiger partial charge in [0.25, 0.3) is 0 Å². The Kier molecular flexibility index (Phi) is 5.27. The van der Waals surface area contributed by atoms with Crippen LogP contribution in [0.3, 0.4) is 0 Å². The molecule has 1 aliphatic rings. The van der Waals surface area contributed by atoms with Crippen molar-refractivity contribution in [2.24, 2.45) is 0 Å². The monoisotopic (exact) mass is 344 g/mol. The first-order chi connectivity index (χ1) is 12.9. The number of fused-ring (bicyclic) bond motifs is 1. The molecule has 0 amide bonds. The van der Waals surface area contributed by atoms with Gasteiger partial charge in [-0.3, -0.25) is 4.98 Å². The highest BCUT2D eigenvalue weighted by atomic mass is 16.5. The van der Waals surface area contributed by atoms with Crippen LogP contribution >= 0.6 is 0 Å². The maximum Gasteiger partial charge on any atom is 0.130 e. The first-order valence-corrected chi connectivity index (χ1v) is 9.31. The number of benzene rings is 2. The Labute approximate surface area is 155 Å². The van der Waals surface area contributed by atoms with Crippen molar-refractivity contribution in [1.82, 2.24) is 10.3 Å². The predicted molar refractivity (Wildman–Crippen MR) is 104 cm³/mol. The summed E-state index contributed by atoms with van der Waals surface area (Å²) in [7, 11) is 0. The standard InChI is InChI=1S/C23H24N2O/c1-2-12-22-19(8-1)9-6-13-23(22)25-16-18-7-5-11-21(15-18)26-17-20-10-3-4-14-24-20/h1-5,7-8,10-12,14-15,23,25H,6,9,13,16-17H2. The third-order valence-electron chi connectivity index (χ3n) is 4.93. The fourth-order valence-corrected chi connectivity index (χ4v) is 3.59. The van der Waals surface area contributed by atoms with Crippen LogP contribution < -0.4 is 10.1 Å². The van der Waals surface area contributed by atoms with E-state index in [2.05, 4.69) is 52.8 Å². The summed E-state index contributed by atoms with van der Waals surface area (Å²) in [5.74, 6) is 0.888. The molecule has 1 unspecified atom stereocenters. The average Bonchev–Trinajstić information content (AvgIpc) is 2.72. The third kappa shape index (κ3) is 4.12. The van der Waals surface area contributed by atoms with Crippen molar-refractivity contribution in [3.05, 3.63) is 95.3 Å². The Bertz CT molecular complexity index is 848. The lowest BCUT2D eigenvalue weighted by Crippen LogP contribution is -2.24. The van der Waals surface area contributed by atoms with Gasteiger partial charge in [0.1, 0.15) is 12.4 Å². The van der Waals surface area contributed by atoms with Crippen molar-refractivity contribution < 1.29 is 4.74 Å². The molecule has 1 aliphatic carbocycles. The molecule has 1 heterocycles. The number of hydrogen-bond acceptors (Lipinski definition) is 3. The molecule has 3 heteroatoms. The van der Waals surface area contributed by atoms with Gasteiger partial charge < -0.3 is 10.1 Å². The van der Waals surface area contributed by atoms with Gasteiger partial charge in [0.15, 0.2) is 0 Å². The summed E-state index contributed by atoms with van der Waals surface area (Å²) in [4.78, 5) is 4.30. The lowest BCUT2D eigenvalue weighted by molar-refractivity contribution is 0.301. The maximum atomic E-state index is 5.89. The molecule has 1 N–H and O–H groups in total. The molecule has 26 heavy (non-hydrogen) atoms. The molecule has 3 aromatic rings. The second kappa shape index (κ2) is 8.15. The van der Waals surface area contributed by atoms with E-state index in [0.29, 0.717) is 12.6 Å². The van der Waals surface area contributed by atoms with E-state index in [9.17, 15) is 0 Å². The second-order valence-electron chi connectivity index (χ2n) is 6.78. The normalized spacial score (nSPS) is 16.1. The van der Waals surface area contributed by atoms with Crippen LogP contribution in [0.25, 0.3) is 0 Å². The van der Waals surface area contributed by atoms with Crippen molar-refractivity contribution in [1.29, 1.82) is 0 Å². The number of nitrogens with one attached hydrogen (secondary N) is 1. The highest BCUT2D eigenvalue weighted by Crippen LogP contribution is 2.29. The lowest BCUT2D eigenvalue weighted by Gasteiger charge is -2.26. The van der Waals surface area contributed by atoms with Gasteiger partial charge in [-0.05, 0) is 60.2 Å². The minimum atomic E-state index is 0.443. The molecule has 3 nitrogen and oxygen atoms in total. The van der Waals surface area contributed by atoms with Crippen LogP contribution in [0.4, 0.5) is 0 Å². The zero-order valence-electron chi connectivity index (χ0n) is 14.9. The van der Waals surface area contributed by atoms with Crippen molar-refractivity contribution in [2.45, 2.75) is 38.5 Å². The molecule has 0 saturated carbocycles. The highest BCUT2D eigenvalue weighted by molar-refractivity contribution is 5.33. The fourth-order valence-electron chi connectivity index (χ4n) is 3.59. The van der Waals surface area contributed by atoms with Gasteiger partial charge in [-0.25, -0.2) is 0 Å². The summed E-state index contributed by atoms with van der Waals surface area (Å²) in [6, 6.07) is 23.4. The average molecular weight is 344 g/mol. The number of nitrogens with zero attached hydrogens (tertiary/aromatic N) is 1. The second-order valence-corrected chi connectivity index (χ2v) is 6.78. The minimum Gasteiger partial charge on any atom is -0.487 e. The number of aromatic nitrogens is 1. The van der Waals surface area contributed by atoms with E-state index in [-0.39, 0.29) is 0 Å². The summed E-state index contributed by atoms with van der Waals surface area (Å²) >= 11 is 0. The first kappa shape index (κ1) is 16.8. The summed E-state index contributed by atoms with van der Waals surface area (Å²) in [6.07, 6.45) is 5.45. The first-order valence-electron chi connectivity index (χ1n) is 9.31. The summed E-state index contributed by atoms with van der Waals surface area (Å²) in [6.45, 7) is 1.34. The molecular formula is C23H24N2O.